The Morgan fingerprint density at radius 3 is 2.65 bits per heavy atom. The van der Waals surface area contributed by atoms with Gasteiger partial charge in [-0.3, -0.25) is 9.69 Å². The van der Waals surface area contributed by atoms with E-state index in [0.717, 1.165) is 45.7 Å². The predicted octanol–water partition coefficient (Wildman–Crippen LogP) is -2.13. The number of carbonyl (C=O) groups excluding carboxylic acids is 1. The zero-order valence-corrected chi connectivity index (χ0v) is 17.4. The number of amides is 1. The van der Waals surface area contributed by atoms with Crippen LogP contribution in [0.3, 0.4) is 0 Å². The van der Waals surface area contributed by atoms with Gasteiger partial charge in [0.1, 0.15) is 0 Å². The summed E-state index contributed by atoms with van der Waals surface area (Å²) >= 11 is 0. The average molecular weight is 314 g/mol. The molecule has 0 aromatic heterocycles. The zero-order valence-electron chi connectivity index (χ0n) is 14.3. The number of carbonyl (C=O) groups is 1. The molecule has 0 aliphatic carbocycles. The standard InChI is InChI=1S/C11H23N3O2.C2H6.CH3.K/c1-3-12-4-5-14-6-7-16-11(9-14)8-13(2)10-15;1-2;;/h10-12H,3-9H2,1-2H3;1-2H3;1H3;/q;;-1;+1. The van der Waals surface area contributed by atoms with Gasteiger partial charge in [-0.1, -0.05) is 20.8 Å². The molecule has 1 saturated heterocycles. The summed E-state index contributed by atoms with van der Waals surface area (Å²) in [5.41, 5.74) is 0. The quantitative estimate of drug-likeness (QED) is 0.252. The Kier molecular flexibility index (Phi) is 23.4. The molecule has 1 heterocycles. The van der Waals surface area contributed by atoms with Crippen LogP contribution in [0.1, 0.15) is 20.8 Å². The molecule has 6 heteroatoms. The van der Waals surface area contributed by atoms with Crippen LogP contribution < -0.4 is 56.7 Å². The van der Waals surface area contributed by atoms with Gasteiger partial charge in [0.25, 0.3) is 0 Å². The molecule has 1 unspecified atom stereocenters. The minimum atomic E-state index is 0. The fourth-order valence-electron chi connectivity index (χ4n) is 1.87. The van der Waals surface area contributed by atoms with E-state index in [-0.39, 0.29) is 64.9 Å². The number of nitrogens with one attached hydrogen (secondary N) is 1. The van der Waals surface area contributed by atoms with Crippen LogP contribution >= 0.6 is 0 Å². The summed E-state index contributed by atoms with van der Waals surface area (Å²) in [4.78, 5) is 14.5. The van der Waals surface area contributed by atoms with Crippen LogP contribution in [0.2, 0.25) is 0 Å². The minimum absolute atomic E-state index is 0. The minimum Gasteiger partial charge on any atom is -0.374 e. The van der Waals surface area contributed by atoms with Crippen LogP contribution in [0.25, 0.3) is 0 Å². The SMILES string of the molecule is CC.CCNCCN1CCOC(CN(C)C=O)C1.[CH3-].[K+]. The summed E-state index contributed by atoms with van der Waals surface area (Å²) in [6.07, 6.45) is 1.01. The third-order valence-electron chi connectivity index (χ3n) is 2.75. The molecule has 0 saturated carbocycles. The average Bonchev–Trinajstić information content (AvgIpc) is 2.42. The summed E-state index contributed by atoms with van der Waals surface area (Å²) in [6.45, 7) is 12.6. The van der Waals surface area contributed by atoms with Gasteiger partial charge < -0.3 is 22.4 Å². The maximum atomic E-state index is 10.5. The molecule has 5 nitrogen and oxygen atoms in total. The van der Waals surface area contributed by atoms with Crippen LogP contribution in [0.15, 0.2) is 0 Å². The Morgan fingerprint density at radius 2 is 2.10 bits per heavy atom. The fraction of sp³-hybridized carbons (Fsp3) is 0.857. The van der Waals surface area contributed by atoms with Crippen molar-refractivity contribution < 1.29 is 60.9 Å². The van der Waals surface area contributed by atoms with Crippen LogP contribution in [-0.2, 0) is 9.53 Å². The van der Waals surface area contributed by atoms with Crippen molar-refractivity contribution in [3.8, 4) is 0 Å². The van der Waals surface area contributed by atoms with E-state index in [2.05, 4.69) is 17.1 Å². The Morgan fingerprint density at radius 1 is 1.45 bits per heavy atom. The van der Waals surface area contributed by atoms with E-state index in [1.165, 1.54) is 0 Å². The summed E-state index contributed by atoms with van der Waals surface area (Å²) in [5, 5.41) is 3.31. The van der Waals surface area contributed by atoms with Crippen molar-refractivity contribution in [2.45, 2.75) is 26.9 Å². The van der Waals surface area contributed by atoms with Crippen molar-refractivity contribution in [2.24, 2.45) is 0 Å². The maximum Gasteiger partial charge on any atom is 1.00 e. The van der Waals surface area contributed by atoms with Crippen LogP contribution in [0.5, 0.6) is 0 Å². The van der Waals surface area contributed by atoms with Gasteiger partial charge in [-0.15, -0.1) is 0 Å². The van der Waals surface area contributed by atoms with Crippen LogP contribution in [-0.4, -0.2) is 75.2 Å². The molecule has 0 bridgehead atoms. The number of morpholine rings is 1. The van der Waals surface area contributed by atoms with Gasteiger partial charge >= 0.3 is 51.4 Å². The molecule has 1 aliphatic rings. The number of rotatable bonds is 7. The van der Waals surface area contributed by atoms with Crippen LogP contribution in [0.4, 0.5) is 0 Å². The molecular weight excluding hydrogens is 281 g/mol. The number of ether oxygens (including phenoxy) is 1. The van der Waals surface area contributed by atoms with Crippen LogP contribution in [0, 0.1) is 7.43 Å². The third-order valence-corrected chi connectivity index (χ3v) is 2.75. The largest absolute Gasteiger partial charge is 1.00 e. The first kappa shape index (κ1) is 25.9. The molecule has 1 aliphatic heterocycles. The maximum absolute atomic E-state index is 10.5. The summed E-state index contributed by atoms with van der Waals surface area (Å²) in [5.74, 6) is 0. The molecule has 1 fully saturated rings. The van der Waals surface area contributed by atoms with Crippen molar-refractivity contribution in [1.82, 2.24) is 15.1 Å². The van der Waals surface area contributed by atoms with Gasteiger partial charge in [-0.2, -0.15) is 0 Å². The molecule has 1 rings (SSSR count). The predicted molar refractivity (Wildman–Crippen MR) is 81.2 cm³/mol. The smallest absolute Gasteiger partial charge is 0.374 e. The van der Waals surface area contributed by atoms with E-state index in [9.17, 15) is 4.79 Å². The number of likely N-dealkylation sites (N-methyl/N-ethyl adjacent to an activating group) is 2. The zero-order chi connectivity index (χ0) is 13.8. The Hall–Kier alpha value is 0.986. The number of nitrogens with zero attached hydrogens (tertiary/aromatic N) is 2. The van der Waals surface area contributed by atoms with Gasteiger partial charge in [0.05, 0.1) is 12.7 Å². The Bertz CT molecular complexity index is 209. The molecule has 0 aromatic carbocycles. The van der Waals surface area contributed by atoms with Gasteiger partial charge in [0.2, 0.25) is 6.41 Å². The second-order valence-electron chi connectivity index (χ2n) is 4.19. The molecular formula is C14H32KN3O2. The van der Waals surface area contributed by atoms with Crippen molar-refractivity contribution in [1.29, 1.82) is 0 Å². The molecule has 0 radical (unpaired) electrons. The molecule has 116 valence electrons. The summed E-state index contributed by atoms with van der Waals surface area (Å²) < 4.78 is 5.62. The molecule has 1 N–H and O–H groups in total. The number of hydrogen-bond acceptors (Lipinski definition) is 4. The number of hydrogen-bond donors (Lipinski definition) is 1. The Balaban J connectivity index is -0.000000689. The van der Waals surface area contributed by atoms with E-state index in [4.69, 9.17) is 4.74 Å². The second kappa shape index (κ2) is 18.0. The fourth-order valence-corrected chi connectivity index (χ4v) is 1.87. The molecule has 20 heavy (non-hydrogen) atoms. The van der Waals surface area contributed by atoms with E-state index in [0.29, 0.717) is 6.54 Å². The molecule has 1 amide bonds. The van der Waals surface area contributed by atoms with Gasteiger partial charge in [0.15, 0.2) is 0 Å². The topological polar surface area (TPSA) is 44.8 Å². The van der Waals surface area contributed by atoms with E-state index in [1.54, 1.807) is 11.9 Å². The summed E-state index contributed by atoms with van der Waals surface area (Å²) in [6, 6.07) is 0. The van der Waals surface area contributed by atoms with Crippen molar-refractivity contribution in [3.63, 3.8) is 0 Å². The first-order valence-electron chi connectivity index (χ1n) is 6.96. The molecule has 0 spiro atoms. The van der Waals surface area contributed by atoms with Crippen molar-refractivity contribution in [2.75, 3.05) is 52.9 Å². The Labute approximate surface area is 168 Å². The first-order chi connectivity index (χ1) is 8.76. The first-order valence-corrected chi connectivity index (χ1v) is 6.96. The van der Waals surface area contributed by atoms with E-state index in [1.807, 2.05) is 13.8 Å². The van der Waals surface area contributed by atoms with Gasteiger partial charge in [-0.25, -0.2) is 0 Å². The third kappa shape index (κ3) is 12.7. The second-order valence-corrected chi connectivity index (χ2v) is 4.19. The van der Waals surface area contributed by atoms with Gasteiger partial charge in [0, 0.05) is 39.8 Å². The monoisotopic (exact) mass is 313 g/mol. The van der Waals surface area contributed by atoms with Gasteiger partial charge in [-0.05, 0) is 6.54 Å². The van der Waals surface area contributed by atoms with Crippen molar-refractivity contribution in [3.05, 3.63) is 7.43 Å². The summed E-state index contributed by atoms with van der Waals surface area (Å²) in [7, 11) is 1.79. The molecule has 0 aromatic rings. The van der Waals surface area contributed by atoms with E-state index < -0.39 is 0 Å². The molecule has 1 atom stereocenters. The van der Waals surface area contributed by atoms with E-state index >= 15 is 0 Å². The van der Waals surface area contributed by atoms with Crippen molar-refractivity contribution >= 4 is 6.41 Å². The normalized spacial score (nSPS) is 17.9.